The van der Waals surface area contributed by atoms with Gasteiger partial charge in [0, 0.05) is 0 Å². The molecule has 0 saturated carbocycles. The molecule has 0 fully saturated rings. The third-order valence-electron chi connectivity index (χ3n) is 3.91. The van der Waals surface area contributed by atoms with Gasteiger partial charge in [-0.05, 0) is 0 Å². The van der Waals surface area contributed by atoms with Crippen molar-refractivity contribution in [1.82, 2.24) is 0 Å². The van der Waals surface area contributed by atoms with Gasteiger partial charge in [-0.1, -0.05) is 0 Å². The number of esters is 2. The molecule has 0 aliphatic rings. The summed E-state index contributed by atoms with van der Waals surface area (Å²) in [6.45, 7) is 1.34. The molecule has 7 heteroatoms. The Balaban J connectivity index is 2.13. The maximum atomic E-state index is 12.0. The van der Waals surface area contributed by atoms with E-state index in [2.05, 4.69) is 10.2 Å². The van der Waals surface area contributed by atoms with Crippen molar-refractivity contribution in [3.8, 4) is 0 Å². The fraction of sp³-hybridized carbons (Fsp3) is 0.143. The van der Waals surface area contributed by atoms with E-state index in [1.165, 1.54) is 14.0 Å². The topological polar surface area (TPSA) is 77.3 Å². The van der Waals surface area contributed by atoms with Gasteiger partial charge in [0.1, 0.15) is 0 Å². The molecule has 2 aromatic carbocycles. The van der Waals surface area contributed by atoms with Crippen molar-refractivity contribution in [3.63, 3.8) is 0 Å². The molecule has 3 rings (SSSR count). The van der Waals surface area contributed by atoms with Gasteiger partial charge < -0.3 is 0 Å². The summed E-state index contributed by atoms with van der Waals surface area (Å²) in [4.78, 5) is 25.8. The molecule has 0 saturated heterocycles. The van der Waals surface area contributed by atoms with Crippen LogP contribution in [-0.4, -0.2) is 33.6 Å². The first-order valence-electron chi connectivity index (χ1n) is 8.45. The molecule has 28 heavy (non-hydrogen) atoms. The first-order valence-corrected chi connectivity index (χ1v) is 10.3. The molecule has 1 aromatic heterocycles. The number of nitrogens with zero attached hydrogens (tertiary/aromatic N) is 2. The van der Waals surface area contributed by atoms with Crippen molar-refractivity contribution in [2.75, 3.05) is 7.11 Å². The number of hydrogen-bond donors (Lipinski definition) is 0. The predicted molar refractivity (Wildman–Crippen MR) is 105 cm³/mol. The molecule has 0 amide bonds. The van der Waals surface area contributed by atoms with Crippen LogP contribution < -0.4 is 0 Å². The van der Waals surface area contributed by atoms with Crippen LogP contribution in [0.5, 0.6) is 0 Å². The van der Waals surface area contributed by atoms with Crippen molar-refractivity contribution in [3.05, 3.63) is 87.2 Å². The zero-order valence-corrected chi connectivity index (χ0v) is 17.1. The van der Waals surface area contributed by atoms with Crippen molar-refractivity contribution >= 4 is 32.1 Å². The molecule has 0 radical (unpaired) electrons. The zero-order chi connectivity index (χ0) is 20.0. The second-order valence-electron chi connectivity index (χ2n) is 5.82. The molecule has 0 spiro atoms. The van der Waals surface area contributed by atoms with Crippen LogP contribution in [0.25, 0.3) is 0 Å². The first-order chi connectivity index (χ1) is 13.5. The van der Waals surface area contributed by atoms with Crippen LogP contribution in [-0.2, 0) is 20.0 Å². The number of ether oxygens (including phenoxy) is 2. The predicted octanol–water partition coefficient (Wildman–Crippen LogP) is 4.08. The van der Waals surface area contributed by atoms with Gasteiger partial charge in [0.15, 0.2) is 0 Å². The quantitative estimate of drug-likeness (QED) is 0.328. The van der Waals surface area contributed by atoms with Crippen molar-refractivity contribution in [2.45, 2.75) is 12.6 Å². The SMILES string of the molecule is COC(=O)c1ccc(C(N=Nc2ccccc2)(OC(C)=O)c2ccc[se]2)cc1. The summed E-state index contributed by atoms with van der Waals surface area (Å²) in [5.41, 5.74) is 0.253. The Hall–Kier alpha value is -3.02. The van der Waals surface area contributed by atoms with Crippen LogP contribution >= 0.6 is 0 Å². The Bertz CT molecular complexity index is 969. The maximum absolute atomic E-state index is 12.0. The van der Waals surface area contributed by atoms with E-state index in [1.54, 1.807) is 24.3 Å². The van der Waals surface area contributed by atoms with E-state index in [1.807, 2.05) is 47.4 Å². The van der Waals surface area contributed by atoms with Crippen LogP contribution in [0.2, 0.25) is 0 Å². The van der Waals surface area contributed by atoms with E-state index in [0.717, 1.165) is 4.44 Å². The van der Waals surface area contributed by atoms with Crippen LogP contribution in [0, 0.1) is 0 Å². The molecule has 6 nitrogen and oxygen atoms in total. The number of methoxy groups -OCH3 is 1. The molecular formula is C21H18N2O4Se. The molecule has 1 unspecified atom stereocenters. The first kappa shape index (κ1) is 19.7. The van der Waals surface area contributed by atoms with Gasteiger partial charge in [0.05, 0.1) is 0 Å². The zero-order valence-electron chi connectivity index (χ0n) is 15.4. The van der Waals surface area contributed by atoms with E-state index in [-0.39, 0.29) is 14.5 Å². The van der Waals surface area contributed by atoms with E-state index in [4.69, 9.17) is 9.47 Å². The number of rotatable bonds is 6. The van der Waals surface area contributed by atoms with Gasteiger partial charge in [-0.15, -0.1) is 0 Å². The van der Waals surface area contributed by atoms with Crippen LogP contribution in [0.15, 0.2) is 81.9 Å². The van der Waals surface area contributed by atoms with Crippen LogP contribution in [0.1, 0.15) is 27.3 Å². The summed E-state index contributed by atoms with van der Waals surface area (Å²) >= 11 is -0.0494. The van der Waals surface area contributed by atoms with Crippen LogP contribution in [0.3, 0.4) is 0 Å². The number of carbonyl (C=O) groups excluding carboxylic acids is 2. The Morgan fingerprint density at radius 2 is 1.68 bits per heavy atom. The molecule has 142 valence electrons. The van der Waals surface area contributed by atoms with E-state index in [0.29, 0.717) is 16.8 Å². The molecule has 1 heterocycles. The van der Waals surface area contributed by atoms with Crippen molar-refractivity contribution in [2.24, 2.45) is 10.2 Å². The molecule has 0 aliphatic carbocycles. The summed E-state index contributed by atoms with van der Waals surface area (Å²) in [5.74, 6) is -0.922. The van der Waals surface area contributed by atoms with E-state index >= 15 is 0 Å². The molecule has 0 aliphatic heterocycles. The summed E-state index contributed by atoms with van der Waals surface area (Å²) < 4.78 is 11.3. The van der Waals surface area contributed by atoms with Gasteiger partial charge in [0.25, 0.3) is 0 Å². The van der Waals surface area contributed by atoms with Gasteiger partial charge in [-0.3, -0.25) is 0 Å². The number of carbonyl (C=O) groups is 2. The minimum atomic E-state index is -1.39. The second kappa shape index (κ2) is 8.78. The van der Waals surface area contributed by atoms with Gasteiger partial charge in [0.2, 0.25) is 0 Å². The monoisotopic (exact) mass is 442 g/mol. The molecule has 0 N–H and O–H groups in total. The van der Waals surface area contributed by atoms with Crippen molar-refractivity contribution in [1.29, 1.82) is 0 Å². The van der Waals surface area contributed by atoms with E-state index in [9.17, 15) is 9.59 Å². The second-order valence-corrected chi connectivity index (χ2v) is 7.81. The van der Waals surface area contributed by atoms with Crippen molar-refractivity contribution < 1.29 is 19.1 Å². The molecular weight excluding hydrogens is 423 g/mol. The third-order valence-corrected chi connectivity index (χ3v) is 5.92. The standard InChI is InChI=1S/C21H18N2O4Se/c1-15(24)27-21(19-9-6-14-28-19,23-22-18-7-4-3-5-8-18)17-12-10-16(11-13-17)20(25)26-2/h3-14H,1-2H3. The fourth-order valence-corrected chi connectivity index (χ4v) is 4.35. The average molecular weight is 441 g/mol. The molecule has 0 bridgehead atoms. The minimum absolute atomic E-state index is 0.0494. The average Bonchev–Trinajstić information content (AvgIpc) is 3.26. The normalized spacial score (nSPS) is 13.1. The summed E-state index contributed by atoms with van der Waals surface area (Å²) in [5, 5.41) is 8.81. The Morgan fingerprint density at radius 1 is 0.964 bits per heavy atom. The Kier molecular flexibility index (Phi) is 6.19. The summed E-state index contributed by atoms with van der Waals surface area (Å²) in [6.07, 6.45) is 0. The van der Waals surface area contributed by atoms with Crippen LogP contribution in [0.4, 0.5) is 5.69 Å². The summed E-state index contributed by atoms with van der Waals surface area (Å²) in [7, 11) is 1.32. The Labute approximate surface area is 168 Å². The summed E-state index contributed by atoms with van der Waals surface area (Å²) in [6, 6.07) is 19.7. The third kappa shape index (κ3) is 4.27. The molecule has 1 atom stereocenters. The number of benzene rings is 2. The van der Waals surface area contributed by atoms with E-state index < -0.39 is 17.7 Å². The molecule has 3 aromatic rings. The van der Waals surface area contributed by atoms with Gasteiger partial charge in [-0.25, -0.2) is 0 Å². The van der Waals surface area contributed by atoms with Gasteiger partial charge >= 0.3 is 168 Å². The number of hydrogen-bond acceptors (Lipinski definition) is 6. The van der Waals surface area contributed by atoms with Gasteiger partial charge in [-0.2, -0.15) is 0 Å². The number of azo groups is 1. The Morgan fingerprint density at radius 3 is 2.25 bits per heavy atom. The fourth-order valence-electron chi connectivity index (χ4n) is 2.63.